The second-order valence-corrected chi connectivity index (χ2v) is 25.3. The van der Waals surface area contributed by atoms with Crippen LogP contribution in [0.15, 0.2) is 146 Å². The molecule has 5 nitrogen and oxygen atoms in total. The first-order valence-corrected chi connectivity index (χ1v) is 38.4. The summed E-state index contributed by atoms with van der Waals surface area (Å²) in [6.45, 7) is 4.03. The van der Waals surface area contributed by atoms with Crippen LogP contribution in [0, 0.1) is 0 Å². The van der Waals surface area contributed by atoms with E-state index in [1.807, 2.05) is 0 Å². The molecule has 514 valence electrons. The number of aliphatic hydroxyl groups is 1. The van der Waals surface area contributed by atoms with Crippen LogP contribution < -0.4 is 0 Å². The Balaban J connectivity index is 3.50. The highest BCUT2D eigenvalue weighted by Gasteiger charge is 2.16. The number of carbonyl (C=O) groups is 2. The molecule has 0 aliphatic heterocycles. The normalized spacial score (nSPS) is 13.1. The Kier molecular flexibility index (Phi) is 75.3. The monoisotopic (exact) mass is 1250 g/mol. The molecule has 0 aromatic carbocycles. The highest BCUT2D eigenvalue weighted by atomic mass is 16.6. The molecular weight excluding hydrogens is 1100 g/mol. The first-order chi connectivity index (χ1) is 44.6. The Bertz CT molecular complexity index is 1850. The van der Waals surface area contributed by atoms with Crippen molar-refractivity contribution in [2.75, 3.05) is 13.2 Å². The zero-order valence-electron chi connectivity index (χ0n) is 59.1. The minimum atomic E-state index is -0.790. The quantitative estimate of drug-likeness (QED) is 0.0373. The van der Waals surface area contributed by atoms with Crippen molar-refractivity contribution >= 4 is 11.9 Å². The fourth-order valence-corrected chi connectivity index (χ4v) is 10.9. The molecule has 0 heterocycles. The summed E-state index contributed by atoms with van der Waals surface area (Å²) in [5.41, 5.74) is 0. The van der Waals surface area contributed by atoms with Crippen LogP contribution in [0.3, 0.4) is 0 Å². The lowest BCUT2D eigenvalue weighted by atomic mass is 10.0. The maximum atomic E-state index is 12.4. The molecule has 0 aliphatic carbocycles. The van der Waals surface area contributed by atoms with Gasteiger partial charge in [0.1, 0.15) is 6.61 Å². The number of hydrogen-bond donors (Lipinski definition) is 1. The molecule has 0 bridgehead atoms. The van der Waals surface area contributed by atoms with Gasteiger partial charge < -0.3 is 14.6 Å². The van der Waals surface area contributed by atoms with Gasteiger partial charge in [0, 0.05) is 12.8 Å². The topological polar surface area (TPSA) is 72.8 Å². The summed E-state index contributed by atoms with van der Waals surface area (Å²) >= 11 is 0. The number of rotatable bonds is 70. The lowest BCUT2D eigenvalue weighted by Crippen LogP contribution is -2.28. The summed E-state index contributed by atoms with van der Waals surface area (Å²) in [6.07, 6.45) is 119. The van der Waals surface area contributed by atoms with Crippen LogP contribution in [0.5, 0.6) is 0 Å². The number of aliphatic hydroxyl groups excluding tert-OH is 1. The van der Waals surface area contributed by atoms with E-state index in [4.69, 9.17) is 9.47 Å². The van der Waals surface area contributed by atoms with Crippen LogP contribution in [0.2, 0.25) is 0 Å². The molecule has 1 unspecified atom stereocenters. The molecule has 0 saturated heterocycles. The second-order valence-electron chi connectivity index (χ2n) is 25.3. The number of hydrogen-bond acceptors (Lipinski definition) is 5. The van der Waals surface area contributed by atoms with Gasteiger partial charge in [0.2, 0.25) is 0 Å². The van der Waals surface area contributed by atoms with Crippen LogP contribution in [0.4, 0.5) is 0 Å². The van der Waals surface area contributed by atoms with Crippen molar-refractivity contribution in [3.8, 4) is 0 Å². The summed E-state index contributed by atoms with van der Waals surface area (Å²) in [5.74, 6) is -0.602. The molecule has 0 rings (SSSR count). The summed E-state index contributed by atoms with van der Waals surface area (Å²) in [6, 6.07) is 0. The largest absolute Gasteiger partial charge is 0.462 e. The number of esters is 2. The molecule has 0 aliphatic rings. The van der Waals surface area contributed by atoms with Crippen molar-refractivity contribution in [1.82, 2.24) is 0 Å². The molecule has 1 N–H and O–H groups in total. The minimum absolute atomic E-state index is 0.0764. The number of unbranched alkanes of at least 4 members (excludes halogenated alkanes) is 38. The van der Waals surface area contributed by atoms with E-state index in [1.54, 1.807) is 0 Å². The zero-order valence-corrected chi connectivity index (χ0v) is 59.1. The Morgan fingerprint density at radius 1 is 0.267 bits per heavy atom. The first-order valence-electron chi connectivity index (χ1n) is 38.4. The predicted molar refractivity (Wildman–Crippen MR) is 398 cm³/mol. The Morgan fingerprint density at radius 3 is 0.722 bits per heavy atom. The highest BCUT2D eigenvalue weighted by molar-refractivity contribution is 5.70. The third-order valence-electron chi connectivity index (χ3n) is 16.6. The average molecular weight is 1250 g/mol. The average Bonchev–Trinajstić information content (AvgIpc) is 3.62. The molecule has 0 radical (unpaired) electrons. The third-order valence-corrected chi connectivity index (χ3v) is 16.6. The predicted octanol–water partition coefficient (Wildman–Crippen LogP) is 27.2. The van der Waals surface area contributed by atoms with Gasteiger partial charge in [-0.25, -0.2) is 0 Å². The second kappa shape index (κ2) is 79.0. The van der Waals surface area contributed by atoms with Crippen LogP contribution in [-0.4, -0.2) is 36.4 Å². The lowest BCUT2D eigenvalue weighted by Gasteiger charge is -2.15. The van der Waals surface area contributed by atoms with E-state index >= 15 is 0 Å². The van der Waals surface area contributed by atoms with Gasteiger partial charge >= 0.3 is 11.9 Å². The van der Waals surface area contributed by atoms with E-state index in [-0.39, 0.29) is 25.2 Å². The van der Waals surface area contributed by atoms with Gasteiger partial charge in [0.05, 0.1) is 6.61 Å². The molecule has 0 amide bonds. The fraction of sp³-hybridized carbons (Fsp3) is 0.694. The van der Waals surface area contributed by atoms with E-state index < -0.39 is 6.10 Å². The van der Waals surface area contributed by atoms with Gasteiger partial charge in [-0.1, -0.05) is 372 Å². The minimum Gasteiger partial charge on any atom is -0.462 e. The van der Waals surface area contributed by atoms with Gasteiger partial charge in [0.15, 0.2) is 6.10 Å². The van der Waals surface area contributed by atoms with Crippen molar-refractivity contribution in [2.45, 2.75) is 367 Å². The fourth-order valence-electron chi connectivity index (χ4n) is 10.9. The molecule has 0 spiro atoms. The number of carbonyl (C=O) groups excluding carboxylic acids is 2. The van der Waals surface area contributed by atoms with E-state index in [0.29, 0.717) is 12.8 Å². The number of ether oxygens (including phenoxy) is 2. The summed E-state index contributed by atoms with van der Waals surface area (Å²) in [7, 11) is 0. The van der Waals surface area contributed by atoms with Gasteiger partial charge in [0.25, 0.3) is 0 Å². The maximum absolute atomic E-state index is 12.4. The Hall–Kier alpha value is -4.22. The van der Waals surface area contributed by atoms with Gasteiger partial charge in [-0.05, 0) is 122 Å². The van der Waals surface area contributed by atoms with E-state index in [9.17, 15) is 14.7 Å². The molecule has 0 saturated carbocycles. The smallest absolute Gasteiger partial charge is 0.306 e. The molecule has 5 heteroatoms. The standard InChI is InChI=1S/C85H144O5/c1-3-5-7-9-11-13-15-17-19-21-23-25-27-29-31-33-35-37-39-41-42-44-45-47-49-51-53-55-57-59-61-63-65-67-69-71-73-75-77-79-84(87)89-82-83(81-86)90-85(88)80-78-76-74-72-70-68-66-64-62-60-58-56-54-52-50-48-46-43-40-38-36-34-32-30-28-26-24-22-20-18-16-14-12-10-8-6-4-2/h6,8,12,14-15,17-18,20-21,23-24,26,30,32,36,38,43,46,50,52,56,58,62,64,83,86H,3-5,7,9-11,13,16,19,22,25,27-29,31,33-35,37,39-42,44-45,47-49,51,53-55,57,59-61,63,65-82H2,1-2H3/b8-6-,14-12-,17-15-,20-18-,23-21-,26-24-,32-30-,38-36-,46-43-,52-50-,58-56-,64-62-. The molecule has 1 atom stereocenters. The van der Waals surface area contributed by atoms with Crippen molar-refractivity contribution in [2.24, 2.45) is 0 Å². The van der Waals surface area contributed by atoms with Gasteiger partial charge in [-0.3, -0.25) is 9.59 Å². The molecular formula is C85H144O5. The maximum Gasteiger partial charge on any atom is 0.306 e. The molecule has 0 aromatic heterocycles. The Morgan fingerprint density at radius 2 is 0.478 bits per heavy atom. The summed E-state index contributed by atoms with van der Waals surface area (Å²) in [4.78, 5) is 24.7. The summed E-state index contributed by atoms with van der Waals surface area (Å²) in [5, 5.41) is 9.72. The number of allylic oxidation sites excluding steroid dienone is 24. The van der Waals surface area contributed by atoms with Crippen LogP contribution in [0.25, 0.3) is 0 Å². The molecule has 0 aromatic rings. The zero-order chi connectivity index (χ0) is 64.7. The van der Waals surface area contributed by atoms with E-state index in [0.717, 1.165) is 116 Å². The molecule has 0 fully saturated rings. The van der Waals surface area contributed by atoms with Gasteiger partial charge in [-0.15, -0.1) is 0 Å². The van der Waals surface area contributed by atoms with E-state index in [1.165, 1.54) is 218 Å². The summed E-state index contributed by atoms with van der Waals surface area (Å²) < 4.78 is 10.8. The van der Waals surface area contributed by atoms with Crippen LogP contribution >= 0.6 is 0 Å². The van der Waals surface area contributed by atoms with Crippen molar-refractivity contribution in [3.05, 3.63) is 146 Å². The van der Waals surface area contributed by atoms with Crippen molar-refractivity contribution in [3.63, 3.8) is 0 Å². The van der Waals surface area contributed by atoms with Crippen molar-refractivity contribution < 1.29 is 24.2 Å². The SMILES string of the molecule is CC/C=C\C/C=C\C/C=C\C/C=C\C/C=C\C/C=C\C/C=C\C/C=C\C/C=C\C/C=C\CCCCCCCCC(=O)OC(CO)COC(=O)CCCCCCCCCCCCCCCCCCCCCCCCCCCCC/C=C\C/C=C\CCCCCCC. The third kappa shape index (κ3) is 76.2. The van der Waals surface area contributed by atoms with Crippen LogP contribution in [-0.2, 0) is 19.1 Å². The first kappa shape index (κ1) is 85.8. The lowest BCUT2D eigenvalue weighted by molar-refractivity contribution is -0.161. The van der Waals surface area contributed by atoms with Crippen molar-refractivity contribution in [1.29, 1.82) is 0 Å². The van der Waals surface area contributed by atoms with Crippen LogP contribution in [0.1, 0.15) is 361 Å². The van der Waals surface area contributed by atoms with Gasteiger partial charge in [-0.2, -0.15) is 0 Å². The molecule has 90 heavy (non-hydrogen) atoms. The highest BCUT2D eigenvalue weighted by Crippen LogP contribution is 2.18. The Labute approximate surface area is 558 Å². The van der Waals surface area contributed by atoms with E-state index in [2.05, 4.69) is 160 Å².